The molecule has 0 aromatic heterocycles. The number of hydrogen-bond donors (Lipinski definition) is 0. The molecule has 2 fully saturated rings. The first kappa shape index (κ1) is 15.5. The Balaban J connectivity index is 1.59. The molecule has 0 spiro atoms. The molecule has 0 unspecified atom stereocenters. The number of fused-ring (bicyclic) bond motifs is 1. The summed E-state index contributed by atoms with van der Waals surface area (Å²) in [6, 6.07) is 8.48. The summed E-state index contributed by atoms with van der Waals surface area (Å²) in [7, 11) is 1.71. The highest BCUT2D eigenvalue weighted by molar-refractivity contribution is 5.79. The second-order valence-corrected chi connectivity index (χ2v) is 6.43. The van der Waals surface area contributed by atoms with Gasteiger partial charge in [0.25, 0.3) is 0 Å². The first-order valence-corrected chi connectivity index (χ1v) is 8.17. The van der Waals surface area contributed by atoms with Crippen LogP contribution in [-0.4, -0.2) is 49.3 Å². The smallest absolute Gasteiger partial charge is 0.227 e. The summed E-state index contributed by atoms with van der Waals surface area (Å²) < 4.78 is 11.3. The molecule has 1 amide bonds. The topological polar surface area (TPSA) is 38.8 Å². The van der Waals surface area contributed by atoms with Gasteiger partial charge in [-0.05, 0) is 31.7 Å². The van der Waals surface area contributed by atoms with E-state index in [9.17, 15) is 4.79 Å². The van der Waals surface area contributed by atoms with Gasteiger partial charge in [0.05, 0.1) is 31.3 Å². The first-order chi connectivity index (χ1) is 10.7. The predicted octanol–water partition coefficient (Wildman–Crippen LogP) is 2.33. The van der Waals surface area contributed by atoms with E-state index >= 15 is 0 Å². The van der Waals surface area contributed by atoms with Crippen molar-refractivity contribution in [3.8, 4) is 0 Å². The van der Waals surface area contributed by atoms with Crippen molar-refractivity contribution in [2.75, 3.05) is 20.3 Å². The van der Waals surface area contributed by atoms with Gasteiger partial charge in [0, 0.05) is 13.7 Å². The zero-order valence-electron chi connectivity index (χ0n) is 13.5. The first-order valence-electron chi connectivity index (χ1n) is 8.17. The average Bonchev–Trinajstić information content (AvgIpc) is 2.93. The SMILES string of the molecule is COC[C@H]1CC[C@H]2[C@H](CCN2C(=O)Cc2ccc(C)cc2)O1. The number of rotatable bonds is 4. The summed E-state index contributed by atoms with van der Waals surface area (Å²) in [6.07, 6.45) is 3.83. The van der Waals surface area contributed by atoms with Crippen LogP contribution >= 0.6 is 0 Å². The minimum atomic E-state index is 0.191. The second-order valence-electron chi connectivity index (χ2n) is 6.43. The molecule has 0 N–H and O–H groups in total. The summed E-state index contributed by atoms with van der Waals surface area (Å²) in [6.45, 7) is 3.53. The standard InChI is InChI=1S/C18H25NO3/c1-13-3-5-14(6-4-13)11-18(20)19-10-9-17-16(19)8-7-15(22-17)12-21-2/h3-6,15-17H,7-12H2,1-2H3/t15-,16+,17+/m1/s1. The molecule has 2 saturated heterocycles. The summed E-state index contributed by atoms with van der Waals surface area (Å²) in [5.41, 5.74) is 2.32. The summed E-state index contributed by atoms with van der Waals surface area (Å²) in [5.74, 6) is 0.227. The molecule has 1 aromatic carbocycles. The number of nitrogens with zero attached hydrogens (tertiary/aromatic N) is 1. The normalized spacial score (nSPS) is 27.7. The average molecular weight is 303 g/mol. The molecule has 3 rings (SSSR count). The maximum Gasteiger partial charge on any atom is 0.227 e. The number of ether oxygens (including phenoxy) is 2. The highest BCUT2D eigenvalue weighted by atomic mass is 16.5. The van der Waals surface area contributed by atoms with Crippen molar-refractivity contribution < 1.29 is 14.3 Å². The minimum absolute atomic E-state index is 0.191. The molecule has 2 heterocycles. The van der Waals surface area contributed by atoms with Gasteiger partial charge in [0.15, 0.2) is 0 Å². The molecule has 4 nitrogen and oxygen atoms in total. The lowest BCUT2D eigenvalue weighted by atomic mass is 9.99. The number of hydrogen-bond acceptors (Lipinski definition) is 3. The second kappa shape index (κ2) is 6.80. The molecule has 3 atom stereocenters. The van der Waals surface area contributed by atoms with E-state index in [0.29, 0.717) is 13.0 Å². The molecule has 4 heteroatoms. The van der Waals surface area contributed by atoms with Crippen molar-refractivity contribution in [3.63, 3.8) is 0 Å². The summed E-state index contributed by atoms with van der Waals surface area (Å²) in [5, 5.41) is 0. The Labute approximate surface area is 132 Å². The van der Waals surface area contributed by atoms with Gasteiger partial charge in [0.2, 0.25) is 5.91 Å². The largest absolute Gasteiger partial charge is 0.382 e. The van der Waals surface area contributed by atoms with Crippen LogP contribution < -0.4 is 0 Å². The quantitative estimate of drug-likeness (QED) is 0.857. The number of methoxy groups -OCH3 is 1. The van der Waals surface area contributed by atoms with Crippen LogP contribution in [0, 0.1) is 6.92 Å². The number of likely N-dealkylation sites (tertiary alicyclic amines) is 1. The molecular weight excluding hydrogens is 278 g/mol. The van der Waals surface area contributed by atoms with Crippen LogP contribution in [0.5, 0.6) is 0 Å². The minimum Gasteiger partial charge on any atom is -0.382 e. The van der Waals surface area contributed by atoms with E-state index in [1.807, 2.05) is 17.0 Å². The molecule has 2 aliphatic heterocycles. The van der Waals surface area contributed by atoms with Crippen LogP contribution in [0.25, 0.3) is 0 Å². The van der Waals surface area contributed by atoms with Crippen LogP contribution in [-0.2, 0) is 20.7 Å². The van der Waals surface area contributed by atoms with Crippen LogP contribution in [0.2, 0.25) is 0 Å². The van der Waals surface area contributed by atoms with Gasteiger partial charge in [-0.15, -0.1) is 0 Å². The molecule has 0 aliphatic carbocycles. The predicted molar refractivity (Wildman–Crippen MR) is 84.8 cm³/mol. The van der Waals surface area contributed by atoms with E-state index in [1.165, 1.54) is 5.56 Å². The Morgan fingerprint density at radius 1 is 1.27 bits per heavy atom. The molecular formula is C18H25NO3. The number of carbonyl (C=O) groups excluding carboxylic acids is 1. The van der Waals surface area contributed by atoms with Crippen LogP contribution in [0.1, 0.15) is 30.4 Å². The number of amides is 1. The van der Waals surface area contributed by atoms with Gasteiger partial charge in [-0.25, -0.2) is 0 Å². The van der Waals surface area contributed by atoms with Crippen LogP contribution in [0.3, 0.4) is 0 Å². The van der Waals surface area contributed by atoms with Crippen molar-refractivity contribution in [3.05, 3.63) is 35.4 Å². The number of benzene rings is 1. The van der Waals surface area contributed by atoms with Gasteiger partial charge in [0.1, 0.15) is 0 Å². The Hall–Kier alpha value is -1.39. The fourth-order valence-corrected chi connectivity index (χ4v) is 3.60. The molecule has 0 saturated carbocycles. The van der Waals surface area contributed by atoms with E-state index in [1.54, 1.807) is 7.11 Å². The van der Waals surface area contributed by atoms with Crippen molar-refractivity contribution in [1.29, 1.82) is 0 Å². The zero-order valence-corrected chi connectivity index (χ0v) is 13.5. The zero-order chi connectivity index (χ0) is 15.5. The van der Waals surface area contributed by atoms with Crippen molar-refractivity contribution in [1.82, 2.24) is 4.90 Å². The van der Waals surface area contributed by atoms with E-state index in [-0.39, 0.29) is 24.2 Å². The van der Waals surface area contributed by atoms with E-state index in [4.69, 9.17) is 9.47 Å². The fraction of sp³-hybridized carbons (Fsp3) is 0.611. The fourth-order valence-electron chi connectivity index (χ4n) is 3.60. The lowest BCUT2D eigenvalue weighted by Crippen LogP contribution is -2.46. The van der Waals surface area contributed by atoms with Crippen LogP contribution in [0.15, 0.2) is 24.3 Å². The third kappa shape index (κ3) is 3.33. The summed E-state index contributed by atoms with van der Waals surface area (Å²) in [4.78, 5) is 14.6. The monoisotopic (exact) mass is 303 g/mol. The Morgan fingerprint density at radius 3 is 2.77 bits per heavy atom. The lowest BCUT2D eigenvalue weighted by Gasteiger charge is -2.35. The Morgan fingerprint density at radius 2 is 2.05 bits per heavy atom. The van der Waals surface area contributed by atoms with Gasteiger partial charge in [-0.3, -0.25) is 4.79 Å². The van der Waals surface area contributed by atoms with Crippen LogP contribution in [0.4, 0.5) is 0 Å². The third-order valence-electron chi connectivity index (χ3n) is 4.78. The molecule has 120 valence electrons. The molecule has 1 aromatic rings. The summed E-state index contributed by atoms with van der Waals surface area (Å²) >= 11 is 0. The molecule has 2 aliphatic rings. The lowest BCUT2D eigenvalue weighted by molar-refractivity contribution is -0.137. The van der Waals surface area contributed by atoms with E-state index < -0.39 is 0 Å². The maximum atomic E-state index is 12.6. The van der Waals surface area contributed by atoms with Gasteiger partial charge < -0.3 is 14.4 Å². The van der Waals surface area contributed by atoms with Crippen molar-refractivity contribution >= 4 is 5.91 Å². The van der Waals surface area contributed by atoms with E-state index in [0.717, 1.165) is 31.4 Å². The molecule has 22 heavy (non-hydrogen) atoms. The van der Waals surface area contributed by atoms with E-state index in [2.05, 4.69) is 19.1 Å². The maximum absolute atomic E-state index is 12.6. The Bertz CT molecular complexity index is 514. The van der Waals surface area contributed by atoms with Gasteiger partial charge in [-0.2, -0.15) is 0 Å². The van der Waals surface area contributed by atoms with Gasteiger partial charge >= 0.3 is 0 Å². The molecule has 0 bridgehead atoms. The van der Waals surface area contributed by atoms with Crippen molar-refractivity contribution in [2.45, 2.75) is 50.9 Å². The molecule has 0 radical (unpaired) electrons. The number of aryl methyl sites for hydroxylation is 1. The highest BCUT2D eigenvalue weighted by Gasteiger charge is 2.41. The number of carbonyl (C=O) groups is 1. The van der Waals surface area contributed by atoms with Gasteiger partial charge in [-0.1, -0.05) is 29.8 Å². The Kier molecular flexibility index (Phi) is 4.79. The van der Waals surface area contributed by atoms with Crippen molar-refractivity contribution in [2.24, 2.45) is 0 Å². The highest BCUT2D eigenvalue weighted by Crippen LogP contribution is 2.32. The third-order valence-corrected chi connectivity index (χ3v) is 4.78.